The van der Waals surface area contributed by atoms with Crippen LogP contribution in [0.3, 0.4) is 0 Å². The highest BCUT2D eigenvalue weighted by Gasteiger charge is 2.63. The van der Waals surface area contributed by atoms with E-state index in [1.165, 1.54) is 12.8 Å². The number of rotatable bonds is 3. The molecule has 0 bridgehead atoms. The summed E-state index contributed by atoms with van der Waals surface area (Å²) in [4.78, 5) is 11.8. The quantitative estimate of drug-likeness (QED) is 0.791. The van der Waals surface area contributed by atoms with Gasteiger partial charge in [-0.05, 0) is 99.2 Å². The van der Waals surface area contributed by atoms with Crippen molar-refractivity contribution in [3.05, 3.63) is 0 Å². The van der Waals surface area contributed by atoms with Gasteiger partial charge in [0.25, 0.3) is 0 Å². The standard InChI is InChI=1S/C22H36O4/c1-20(25)10-11-22(13-26-3)14(12-20)4-5-15-16-6-7-18(19(23)24)21(16,2)9-8-17(15)22/h14-18,25H,4-13H2,1-3H3,(H,23,24)/t14-,15-,16-,17-,18+,20+,21-,22+/m0/s1. The Morgan fingerprint density at radius 2 is 1.81 bits per heavy atom. The summed E-state index contributed by atoms with van der Waals surface area (Å²) < 4.78 is 5.78. The van der Waals surface area contributed by atoms with Gasteiger partial charge < -0.3 is 14.9 Å². The summed E-state index contributed by atoms with van der Waals surface area (Å²) in [7, 11) is 1.82. The molecule has 2 N–H and O–H groups in total. The van der Waals surface area contributed by atoms with Crippen LogP contribution < -0.4 is 0 Å². The van der Waals surface area contributed by atoms with Crippen LogP contribution in [-0.2, 0) is 9.53 Å². The molecule has 4 fully saturated rings. The Morgan fingerprint density at radius 1 is 1.04 bits per heavy atom. The normalized spacial score (nSPS) is 53.5. The predicted octanol–water partition coefficient (Wildman–Crippen LogP) is 4.11. The van der Waals surface area contributed by atoms with Crippen LogP contribution >= 0.6 is 0 Å². The molecule has 4 nitrogen and oxygen atoms in total. The van der Waals surface area contributed by atoms with Crippen LogP contribution in [0.15, 0.2) is 0 Å². The molecule has 0 amide bonds. The van der Waals surface area contributed by atoms with E-state index in [2.05, 4.69) is 6.92 Å². The molecular formula is C22H36O4. The first-order valence-electron chi connectivity index (χ1n) is 10.7. The number of hydrogen-bond donors (Lipinski definition) is 2. The van der Waals surface area contributed by atoms with Gasteiger partial charge in [0.15, 0.2) is 0 Å². The molecule has 148 valence electrons. The van der Waals surface area contributed by atoms with Gasteiger partial charge in [0.05, 0.1) is 18.1 Å². The van der Waals surface area contributed by atoms with Gasteiger partial charge in [-0.15, -0.1) is 0 Å². The van der Waals surface area contributed by atoms with E-state index in [1.54, 1.807) is 0 Å². The summed E-state index contributed by atoms with van der Waals surface area (Å²) in [6.07, 6.45) is 9.35. The third-order valence-corrected chi connectivity index (χ3v) is 9.36. The highest BCUT2D eigenvalue weighted by atomic mass is 16.5. The Hall–Kier alpha value is -0.610. The van der Waals surface area contributed by atoms with E-state index in [-0.39, 0.29) is 16.7 Å². The van der Waals surface area contributed by atoms with Crippen molar-refractivity contribution in [1.29, 1.82) is 0 Å². The molecule has 4 saturated carbocycles. The molecule has 4 aliphatic rings. The van der Waals surface area contributed by atoms with E-state index in [0.717, 1.165) is 51.6 Å². The molecule has 0 spiro atoms. The van der Waals surface area contributed by atoms with Crippen molar-refractivity contribution in [2.24, 2.45) is 40.4 Å². The minimum atomic E-state index is -0.581. The molecule has 0 radical (unpaired) electrons. The smallest absolute Gasteiger partial charge is 0.307 e. The molecule has 0 saturated heterocycles. The molecule has 8 atom stereocenters. The highest BCUT2D eigenvalue weighted by Crippen LogP contribution is 2.68. The second-order valence-electron chi connectivity index (χ2n) is 10.5. The summed E-state index contributed by atoms with van der Waals surface area (Å²) >= 11 is 0. The van der Waals surface area contributed by atoms with Gasteiger partial charge in [0.1, 0.15) is 0 Å². The van der Waals surface area contributed by atoms with Gasteiger partial charge in [0.2, 0.25) is 0 Å². The van der Waals surface area contributed by atoms with E-state index in [4.69, 9.17) is 4.74 Å². The van der Waals surface area contributed by atoms with Crippen molar-refractivity contribution < 1.29 is 19.7 Å². The van der Waals surface area contributed by atoms with E-state index in [9.17, 15) is 15.0 Å². The third-order valence-electron chi connectivity index (χ3n) is 9.36. The van der Waals surface area contributed by atoms with Crippen molar-refractivity contribution in [2.45, 2.75) is 77.2 Å². The zero-order chi connectivity index (χ0) is 18.7. The number of hydrogen-bond acceptors (Lipinski definition) is 3. The molecular weight excluding hydrogens is 328 g/mol. The van der Waals surface area contributed by atoms with Crippen LogP contribution in [-0.4, -0.2) is 35.5 Å². The number of aliphatic carboxylic acids is 1. The minimum absolute atomic E-state index is 0.0196. The van der Waals surface area contributed by atoms with Crippen LogP contribution in [0, 0.1) is 40.4 Å². The monoisotopic (exact) mass is 364 g/mol. The molecule has 0 aromatic heterocycles. The summed E-state index contributed by atoms with van der Waals surface area (Å²) in [5.41, 5.74) is -0.351. The molecule has 4 aliphatic carbocycles. The van der Waals surface area contributed by atoms with Gasteiger partial charge in [-0.1, -0.05) is 6.92 Å². The third kappa shape index (κ3) is 2.58. The van der Waals surface area contributed by atoms with Gasteiger partial charge in [0, 0.05) is 7.11 Å². The van der Waals surface area contributed by atoms with Crippen molar-refractivity contribution in [2.75, 3.05) is 13.7 Å². The van der Waals surface area contributed by atoms with E-state index in [0.29, 0.717) is 23.7 Å². The summed E-state index contributed by atoms with van der Waals surface area (Å²) in [6.45, 7) is 5.07. The van der Waals surface area contributed by atoms with Crippen LogP contribution in [0.1, 0.15) is 71.6 Å². The number of aliphatic hydroxyl groups is 1. The molecule has 0 aliphatic heterocycles. The maximum Gasteiger partial charge on any atom is 0.307 e. The van der Waals surface area contributed by atoms with Gasteiger partial charge >= 0.3 is 5.97 Å². The lowest BCUT2D eigenvalue weighted by atomic mass is 9.43. The van der Waals surface area contributed by atoms with Crippen LogP contribution in [0.4, 0.5) is 0 Å². The summed E-state index contributed by atoms with van der Waals surface area (Å²) in [5.74, 6) is 1.66. The fourth-order valence-electron chi connectivity index (χ4n) is 8.19. The van der Waals surface area contributed by atoms with E-state index >= 15 is 0 Å². The molecule has 4 heteroatoms. The molecule has 4 rings (SSSR count). The highest BCUT2D eigenvalue weighted by molar-refractivity contribution is 5.71. The number of fused-ring (bicyclic) bond motifs is 5. The SMILES string of the molecule is COC[C@]12CC[C@@](C)(O)C[C@@H]1CC[C@H]1[C@@H]3CC[C@H](C(=O)O)[C@@]3(C)CC[C@@H]12. The maximum atomic E-state index is 11.8. The lowest BCUT2D eigenvalue weighted by molar-refractivity contribution is -0.177. The molecule has 0 heterocycles. The summed E-state index contributed by atoms with van der Waals surface area (Å²) in [5, 5.41) is 20.4. The second kappa shape index (κ2) is 6.20. The van der Waals surface area contributed by atoms with Gasteiger partial charge in [-0.2, -0.15) is 0 Å². The largest absolute Gasteiger partial charge is 0.481 e. The van der Waals surface area contributed by atoms with E-state index < -0.39 is 11.6 Å². The Morgan fingerprint density at radius 3 is 2.50 bits per heavy atom. The second-order valence-corrected chi connectivity index (χ2v) is 10.5. The predicted molar refractivity (Wildman–Crippen MR) is 99.7 cm³/mol. The molecule has 0 aromatic rings. The fraction of sp³-hybridized carbons (Fsp3) is 0.955. The minimum Gasteiger partial charge on any atom is -0.481 e. The number of methoxy groups -OCH3 is 1. The van der Waals surface area contributed by atoms with E-state index in [1.807, 2.05) is 14.0 Å². The van der Waals surface area contributed by atoms with Crippen LogP contribution in [0.2, 0.25) is 0 Å². The topological polar surface area (TPSA) is 66.8 Å². The molecule has 0 unspecified atom stereocenters. The number of ether oxygens (including phenoxy) is 1. The van der Waals surface area contributed by atoms with Crippen molar-refractivity contribution in [3.8, 4) is 0 Å². The van der Waals surface area contributed by atoms with Gasteiger partial charge in [-0.3, -0.25) is 4.79 Å². The Kier molecular flexibility index (Phi) is 4.47. The number of carbonyl (C=O) groups is 1. The van der Waals surface area contributed by atoms with Crippen molar-refractivity contribution in [3.63, 3.8) is 0 Å². The first kappa shape index (κ1) is 18.7. The maximum absolute atomic E-state index is 11.8. The average molecular weight is 365 g/mol. The summed E-state index contributed by atoms with van der Waals surface area (Å²) in [6, 6.07) is 0. The molecule has 0 aromatic carbocycles. The fourth-order valence-corrected chi connectivity index (χ4v) is 8.19. The first-order valence-corrected chi connectivity index (χ1v) is 10.7. The van der Waals surface area contributed by atoms with Crippen molar-refractivity contribution >= 4 is 5.97 Å². The number of carboxylic acid groups (broad SMARTS) is 1. The first-order chi connectivity index (χ1) is 12.2. The molecule has 26 heavy (non-hydrogen) atoms. The lowest BCUT2D eigenvalue weighted by Crippen LogP contribution is -2.58. The Bertz CT molecular complexity index is 572. The lowest BCUT2D eigenvalue weighted by Gasteiger charge is -2.62. The Balaban J connectivity index is 1.65. The Labute approximate surface area is 157 Å². The zero-order valence-corrected chi connectivity index (χ0v) is 16.7. The van der Waals surface area contributed by atoms with Crippen LogP contribution in [0.25, 0.3) is 0 Å². The van der Waals surface area contributed by atoms with Crippen LogP contribution in [0.5, 0.6) is 0 Å². The zero-order valence-electron chi connectivity index (χ0n) is 16.7. The average Bonchev–Trinajstić information content (AvgIpc) is 2.92. The number of carboxylic acids is 1. The van der Waals surface area contributed by atoms with Crippen molar-refractivity contribution in [1.82, 2.24) is 0 Å². The van der Waals surface area contributed by atoms with Gasteiger partial charge in [-0.25, -0.2) is 0 Å².